The average Bonchev–Trinajstić information content (AvgIpc) is 2.60. The lowest BCUT2D eigenvalue weighted by Gasteiger charge is -2.41. The average molecular weight is 331 g/mol. The Bertz CT molecular complexity index is 694. The van der Waals surface area contributed by atoms with Crippen molar-refractivity contribution in [1.29, 1.82) is 5.26 Å². The zero-order valence-corrected chi connectivity index (χ0v) is 14.1. The second-order valence-electron chi connectivity index (χ2n) is 6.57. The van der Waals surface area contributed by atoms with Crippen LogP contribution in [0.5, 0.6) is 0 Å². The summed E-state index contributed by atoms with van der Waals surface area (Å²) in [6.07, 6.45) is 1.78. The molecule has 0 spiro atoms. The molecular formula is C17H21N3O4. The zero-order chi connectivity index (χ0) is 17.9. The number of hydrogen-bond acceptors (Lipinski definition) is 6. The van der Waals surface area contributed by atoms with Crippen molar-refractivity contribution in [2.45, 2.75) is 26.7 Å². The number of methoxy groups -OCH3 is 1. The predicted molar refractivity (Wildman–Crippen MR) is 88.5 cm³/mol. The number of hydrogen-bond donors (Lipinski definition) is 0. The van der Waals surface area contributed by atoms with Crippen LogP contribution < -0.4 is 4.90 Å². The molecule has 0 saturated carbocycles. The lowest BCUT2D eigenvalue weighted by molar-refractivity contribution is -0.384. The fourth-order valence-electron chi connectivity index (χ4n) is 3.22. The summed E-state index contributed by atoms with van der Waals surface area (Å²) in [5, 5.41) is 20.2. The number of anilines is 1. The van der Waals surface area contributed by atoms with Gasteiger partial charge in [0.1, 0.15) is 6.07 Å². The molecule has 24 heavy (non-hydrogen) atoms. The number of nitrogens with zero attached hydrogens (tertiary/aromatic N) is 3. The summed E-state index contributed by atoms with van der Waals surface area (Å²) in [6, 6.07) is 6.36. The van der Waals surface area contributed by atoms with Crippen LogP contribution in [-0.4, -0.2) is 31.1 Å². The number of non-ortho nitro benzene ring substituents is 1. The maximum atomic E-state index is 12.1. The van der Waals surface area contributed by atoms with Crippen molar-refractivity contribution in [3.8, 4) is 6.07 Å². The highest BCUT2D eigenvalue weighted by molar-refractivity contribution is 5.76. The first-order valence-corrected chi connectivity index (χ1v) is 7.83. The van der Waals surface area contributed by atoms with Crippen LogP contribution in [0.15, 0.2) is 18.2 Å². The number of rotatable bonds is 4. The van der Waals surface area contributed by atoms with E-state index in [1.807, 2.05) is 24.8 Å². The topological polar surface area (TPSA) is 96.5 Å². The van der Waals surface area contributed by atoms with Crippen LogP contribution in [0.3, 0.4) is 0 Å². The summed E-state index contributed by atoms with van der Waals surface area (Å²) in [5.74, 6) is -0.168. The van der Waals surface area contributed by atoms with Gasteiger partial charge >= 0.3 is 5.97 Å². The third-order valence-electron chi connectivity index (χ3n) is 4.81. The normalized spacial score (nSPS) is 17.9. The number of nitro groups is 1. The molecule has 1 unspecified atom stereocenters. The minimum Gasteiger partial charge on any atom is -0.469 e. The number of nitriles is 1. The summed E-state index contributed by atoms with van der Waals surface area (Å²) < 4.78 is 4.91. The second-order valence-corrected chi connectivity index (χ2v) is 6.57. The Morgan fingerprint density at radius 2 is 2.21 bits per heavy atom. The van der Waals surface area contributed by atoms with Gasteiger partial charge in [-0.05, 0) is 38.7 Å². The Labute approximate surface area is 141 Å². The van der Waals surface area contributed by atoms with Crippen LogP contribution in [0.2, 0.25) is 0 Å². The van der Waals surface area contributed by atoms with Crippen molar-refractivity contribution >= 4 is 17.3 Å². The van der Waals surface area contributed by atoms with E-state index in [2.05, 4.69) is 0 Å². The van der Waals surface area contributed by atoms with Crippen molar-refractivity contribution in [3.05, 3.63) is 33.9 Å². The molecule has 1 aliphatic heterocycles. The first-order valence-electron chi connectivity index (χ1n) is 7.83. The van der Waals surface area contributed by atoms with Crippen molar-refractivity contribution in [1.82, 2.24) is 0 Å². The number of esters is 1. The van der Waals surface area contributed by atoms with Crippen molar-refractivity contribution < 1.29 is 14.5 Å². The smallest absolute Gasteiger partial charge is 0.311 e. The monoisotopic (exact) mass is 331 g/mol. The van der Waals surface area contributed by atoms with Gasteiger partial charge in [0.15, 0.2) is 0 Å². The summed E-state index contributed by atoms with van der Waals surface area (Å²) in [7, 11) is 1.38. The Morgan fingerprint density at radius 3 is 2.79 bits per heavy atom. The van der Waals surface area contributed by atoms with E-state index in [-0.39, 0.29) is 23.1 Å². The van der Waals surface area contributed by atoms with Gasteiger partial charge in [-0.3, -0.25) is 14.9 Å². The van der Waals surface area contributed by atoms with E-state index in [0.29, 0.717) is 12.2 Å². The number of piperidine rings is 1. The molecule has 7 nitrogen and oxygen atoms in total. The highest BCUT2D eigenvalue weighted by Crippen LogP contribution is 2.37. The van der Waals surface area contributed by atoms with Crippen molar-refractivity contribution in [3.63, 3.8) is 0 Å². The standard InChI is InChI=1S/C17H21N3O4/c1-17(2,16(21)24-3)13-5-4-8-19(11-13)15-7-6-14(20(22)23)9-12(15)10-18/h6-7,9,13H,4-5,8,11H2,1-3H3. The molecule has 1 aromatic rings. The molecule has 0 amide bonds. The first kappa shape index (κ1) is 17.7. The van der Waals surface area contributed by atoms with E-state index in [0.717, 1.165) is 19.4 Å². The molecule has 1 atom stereocenters. The van der Waals surface area contributed by atoms with Gasteiger partial charge in [0.2, 0.25) is 0 Å². The molecule has 1 fully saturated rings. The Kier molecular flexibility index (Phi) is 5.07. The molecule has 0 radical (unpaired) electrons. The minimum atomic E-state index is -0.624. The number of carbonyl (C=O) groups is 1. The number of carbonyl (C=O) groups excluding carboxylic acids is 1. The third-order valence-corrected chi connectivity index (χ3v) is 4.81. The van der Waals surface area contributed by atoms with Crippen LogP contribution in [0.4, 0.5) is 11.4 Å². The predicted octanol–water partition coefficient (Wildman–Crippen LogP) is 2.88. The van der Waals surface area contributed by atoms with Crippen LogP contribution >= 0.6 is 0 Å². The van der Waals surface area contributed by atoms with Gasteiger partial charge in [0.05, 0.1) is 28.7 Å². The molecule has 1 saturated heterocycles. The quantitative estimate of drug-likeness (QED) is 0.478. The second kappa shape index (κ2) is 6.87. The molecule has 0 bridgehead atoms. The van der Waals surface area contributed by atoms with E-state index >= 15 is 0 Å². The van der Waals surface area contributed by atoms with Gasteiger partial charge in [-0.2, -0.15) is 5.26 Å². The van der Waals surface area contributed by atoms with Crippen molar-refractivity contribution in [2.75, 3.05) is 25.1 Å². The molecule has 2 rings (SSSR count). The van der Waals surface area contributed by atoms with Gasteiger partial charge in [-0.25, -0.2) is 0 Å². The van der Waals surface area contributed by atoms with E-state index in [9.17, 15) is 20.2 Å². The van der Waals surface area contributed by atoms with E-state index < -0.39 is 10.3 Å². The summed E-state index contributed by atoms with van der Waals surface area (Å²) in [5.41, 5.74) is 0.231. The largest absolute Gasteiger partial charge is 0.469 e. The number of benzene rings is 1. The zero-order valence-electron chi connectivity index (χ0n) is 14.1. The lowest BCUT2D eigenvalue weighted by Crippen LogP contribution is -2.45. The van der Waals surface area contributed by atoms with Gasteiger partial charge in [0.25, 0.3) is 5.69 Å². The molecule has 1 heterocycles. The fraction of sp³-hybridized carbons (Fsp3) is 0.529. The van der Waals surface area contributed by atoms with Gasteiger partial charge in [-0.1, -0.05) is 0 Å². The minimum absolute atomic E-state index is 0.0837. The molecule has 0 aromatic heterocycles. The van der Waals surface area contributed by atoms with Crippen LogP contribution in [-0.2, 0) is 9.53 Å². The molecule has 1 aromatic carbocycles. The van der Waals surface area contributed by atoms with E-state index in [1.54, 1.807) is 6.07 Å². The summed E-state index contributed by atoms with van der Waals surface area (Å²) >= 11 is 0. The van der Waals surface area contributed by atoms with Crippen LogP contribution in [0.25, 0.3) is 0 Å². The lowest BCUT2D eigenvalue weighted by atomic mass is 9.74. The maximum Gasteiger partial charge on any atom is 0.311 e. The van der Waals surface area contributed by atoms with Gasteiger partial charge in [0, 0.05) is 25.2 Å². The summed E-state index contributed by atoms with van der Waals surface area (Å²) in [6.45, 7) is 5.09. The van der Waals surface area contributed by atoms with Gasteiger partial charge in [-0.15, -0.1) is 0 Å². The molecule has 7 heteroatoms. The number of nitro benzene ring substituents is 1. The van der Waals surface area contributed by atoms with Crippen LogP contribution in [0.1, 0.15) is 32.3 Å². The molecule has 1 aliphatic rings. The maximum absolute atomic E-state index is 12.1. The van der Waals surface area contributed by atoms with E-state index in [1.165, 1.54) is 19.2 Å². The molecule has 0 aliphatic carbocycles. The van der Waals surface area contributed by atoms with E-state index in [4.69, 9.17) is 4.74 Å². The Morgan fingerprint density at radius 1 is 1.50 bits per heavy atom. The molecule has 0 N–H and O–H groups in total. The Hall–Kier alpha value is -2.62. The summed E-state index contributed by atoms with van der Waals surface area (Å²) in [4.78, 5) is 24.4. The van der Waals surface area contributed by atoms with Gasteiger partial charge < -0.3 is 9.64 Å². The first-order chi connectivity index (χ1) is 11.3. The number of ether oxygens (including phenoxy) is 1. The molecule has 128 valence electrons. The SMILES string of the molecule is COC(=O)C(C)(C)C1CCCN(c2ccc([N+](=O)[O-])cc2C#N)C1. The van der Waals surface area contributed by atoms with Crippen molar-refractivity contribution in [2.24, 2.45) is 11.3 Å². The molecular weight excluding hydrogens is 310 g/mol. The van der Waals surface area contributed by atoms with Crippen LogP contribution in [0, 0.1) is 32.8 Å². The highest BCUT2D eigenvalue weighted by atomic mass is 16.6. The highest BCUT2D eigenvalue weighted by Gasteiger charge is 2.40. The Balaban J connectivity index is 2.29. The fourth-order valence-corrected chi connectivity index (χ4v) is 3.22. The third kappa shape index (κ3) is 3.32.